The molecule has 1 atom stereocenters. The second-order valence-electron chi connectivity index (χ2n) is 6.57. The number of rotatable bonds is 3. The average molecular weight is 438 g/mol. The molecule has 2 aromatic carbocycles. The lowest BCUT2D eigenvalue weighted by Gasteiger charge is -2.41. The lowest BCUT2D eigenvalue weighted by atomic mass is 10.0. The van der Waals surface area contributed by atoms with Gasteiger partial charge in [0.25, 0.3) is 5.91 Å². The molecule has 2 aromatic rings. The Balaban J connectivity index is 1.93. The highest BCUT2D eigenvalue weighted by Crippen LogP contribution is 2.40. The Labute approximate surface area is 165 Å². The highest BCUT2D eigenvalue weighted by molar-refractivity contribution is 9.10. The molecule has 1 N–H and O–H groups in total. The number of benzene rings is 2. The van der Waals surface area contributed by atoms with Crippen LogP contribution in [-0.2, 0) is 9.59 Å². The van der Waals surface area contributed by atoms with Crippen molar-refractivity contribution in [3.05, 3.63) is 52.0 Å². The average Bonchev–Trinajstić information content (AvgIpc) is 2.58. The molecule has 0 aromatic heterocycles. The first-order valence-electron chi connectivity index (χ1n) is 8.08. The molecule has 1 aliphatic rings. The summed E-state index contributed by atoms with van der Waals surface area (Å²) in [5.41, 5.74) is 0.0593. The zero-order chi connectivity index (χ0) is 19.1. The van der Waals surface area contributed by atoms with Crippen molar-refractivity contribution in [3.8, 4) is 5.75 Å². The van der Waals surface area contributed by atoms with Crippen molar-refractivity contribution in [2.75, 3.05) is 10.2 Å². The normalized spacial score (nSPS) is 16.5. The monoisotopic (exact) mass is 436 g/mol. The fraction of sp³-hybridized carbons (Fsp3) is 0.263. The van der Waals surface area contributed by atoms with Crippen molar-refractivity contribution >= 4 is 50.7 Å². The predicted octanol–water partition coefficient (Wildman–Crippen LogP) is 4.63. The van der Waals surface area contributed by atoms with Crippen LogP contribution in [0, 0.1) is 0 Å². The van der Waals surface area contributed by atoms with Crippen molar-refractivity contribution in [3.63, 3.8) is 0 Å². The number of carbonyl (C=O) groups is 2. The van der Waals surface area contributed by atoms with E-state index in [1.54, 1.807) is 51.1 Å². The topological polar surface area (TPSA) is 58.6 Å². The second-order valence-corrected chi connectivity index (χ2v) is 7.92. The summed E-state index contributed by atoms with van der Waals surface area (Å²) in [5.74, 6) is -0.0858. The largest absolute Gasteiger partial charge is 0.476 e. The Kier molecular flexibility index (Phi) is 4.99. The molecule has 3 rings (SSSR count). The van der Waals surface area contributed by atoms with Crippen LogP contribution < -0.4 is 15.0 Å². The lowest BCUT2D eigenvalue weighted by molar-refractivity contribution is -0.134. The van der Waals surface area contributed by atoms with Gasteiger partial charge in [0, 0.05) is 15.2 Å². The Morgan fingerprint density at radius 1 is 1.23 bits per heavy atom. The Morgan fingerprint density at radius 3 is 2.54 bits per heavy atom. The molecule has 0 radical (unpaired) electrons. The van der Waals surface area contributed by atoms with Crippen LogP contribution in [0.25, 0.3) is 0 Å². The summed E-state index contributed by atoms with van der Waals surface area (Å²) in [6, 6.07) is 11.5. The van der Waals surface area contributed by atoms with E-state index in [0.717, 1.165) is 4.47 Å². The van der Waals surface area contributed by atoms with E-state index in [4.69, 9.17) is 16.3 Å². The fourth-order valence-electron chi connectivity index (χ4n) is 2.76. The first-order chi connectivity index (χ1) is 12.2. The van der Waals surface area contributed by atoms with Crippen LogP contribution in [-0.4, -0.2) is 23.5 Å². The zero-order valence-electron chi connectivity index (χ0n) is 14.5. The van der Waals surface area contributed by atoms with E-state index in [2.05, 4.69) is 21.2 Å². The second kappa shape index (κ2) is 6.93. The predicted molar refractivity (Wildman–Crippen MR) is 106 cm³/mol. The van der Waals surface area contributed by atoms with Crippen molar-refractivity contribution in [1.82, 2.24) is 0 Å². The molecule has 1 unspecified atom stereocenters. The first-order valence-corrected chi connectivity index (χ1v) is 9.25. The highest BCUT2D eigenvalue weighted by Gasteiger charge is 2.44. The first kappa shape index (κ1) is 18.7. The summed E-state index contributed by atoms with van der Waals surface area (Å²) in [7, 11) is 0. The molecule has 26 heavy (non-hydrogen) atoms. The molecule has 7 heteroatoms. The van der Waals surface area contributed by atoms with Crippen molar-refractivity contribution < 1.29 is 14.3 Å². The molecule has 0 saturated carbocycles. The van der Waals surface area contributed by atoms with Gasteiger partial charge in [0.2, 0.25) is 5.91 Å². The molecule has 0 saturated heterocycles. The van der Waals surface area contributed by atoms with Gasteiger partial charge in [-0.2, -0.15) is 0 Å². The minimum atomic E-state index is -1.08. The number of hydrogen-bond acceptors (Lipinski definition) is 3. The zero-order valence-corrected chi connectivity index (χ0v) is 16.9. The third-order valence-electron chi connectivity index (χ3n) is 4.16. The molecular weight excluding hydrogens is 420 g/mol. The lowest BCUT2D eigenvalue weighted by Crippen LogP contribution is -2.57. The highest BCUT2D eigenvalue weighted by atomic mass is 79.9. The number of hydrogen-bond donors (Lipinski definition) is 1. The minimum absolute atomic E-state index is 0.300. The maximum Gasteiger partial charge on any atom is 0.271 e. The summed E-state index contributed by atoms with van der Waals surface area (Å²) in [6.45, 7) is 5.04. The molecule has 0 aliphatic carbocycles. The third-order valence-corrected chi connectivity index (χ3v) is 4.92. The van der Waals surface area contributed by atoms with E-state index in [0.29, 0.717) is 22.1 Å². The van der Waals surface area contributed by atoms with Crippen LogP contribution in [0.4, 0.5) is 11.4 Å². The van der Waals surface area contributed by atoms with Crippen LogP contribution in [0.1, 0.15) is 20.8 Å². The minimum Gasteiger partial charge on any atom is -0.476 e. The Morgan fingerprint density at radius 2 is 1.88 bits per heavy atom. The quantitative estimate of drug-likeness (QED) is 0.761. The van der Waals surface area contributed by atoms with Gasteiger partial charge >= 0.3 is 0 Å². The fourth-order valence-corrected chi connectivity index (χ4v) is 3.20. The maximum atomic E-state index is 12.9. The van der Waals surface area contributed by atoms with Gasteiger partial charge in [-0.25, -0.2) is 0 Å². The molecule has 2 amide bonds. The molecule has 0 spiro atoms. The molecule has 0 fully saturated rings. The Hall–Kier alpha value is -2.05. The van der Waals surface area contributed by atoms with Crippen LogP contribution in [0.5, 0.6) is 5.75 Å². The summed E-state index contributed by atoms with van der Waals surface area (Å²) in [6.07, 6.45) is 0. The molecule has 1 heterocycles. The van der Waals surface area contributed by atoms with Crippen LogP contribution >= 0.6 is 27.5 Å². The smallest absolute Gasteiger partial charge is 0.271 e. The number of fused-ring (bicyclic) bond motifs is 1. The van der Waals surface area contributed by atoms with Crippen LogP contribution in [0.15, 0.2) is 46.9 Å². The van der Waals surface area contributed by atoms with Crippen LogP contribution in [0.3, 0.4) is 0 Å². The third kappa shape index (κ3) is 3.57. The van der Waals surface area contributed by atoms with E-state index < -0.39 is 11.6 Å². The molecule has 5 nitrogen and oxygen atoms in total. The number of nitrogens with zero attached hydrogens (tertiary/aromatic N) is 1. The van der Waals surface area contributed by atoms with E-state index in [1.165, 1.54) is 4.90 Å². The Bertz CT molecular complexity index is 868. The maximum absolute atomic E-state index is 12.9. The van der Waals surface area contributed by atoms with Crippen molar-refractivity contribution in [2.24, 2.45) is 0 Å². The number of amides is 2. The van der Waals surface area contributed by atoms with E-state index in [-0.39, 0.29) is 11.8 Å². The number of nitrogens with one attached hydrogen (secondary N) is 1. The van der Waals surface area contributed by atoms with Gasteiger partial charge in [0.05, 0.1) is 5.69 Å². The van der Waals surface area contributed by atoms with Gasteiger partial charge in [-0.05, 0) is 63.2 Å². The van der Waals surface area contributed by atoms with Gasteiger partial charge in [-0.15, -0.1) is 0 Å². The van der Waals surface area contributed by atoms with Gasteiger partial charge in [-0.1, -0.05) is 27.5 Å². The standard InChI is InChI=1S/C19H18BrClN2O3/c1-11(17(24)22-14-7-4-12(20)5-8-14)23-15-10-13(21)6-9-16(15)26-19(2,3)18(23)25/h4-11H,1-3H3,(H,22,24). The van der Waals surface area contributed by atoms with Gasteiger partial charge in [-0.3, -0.25) is 14.5 Å². The van der Waals surface area contributed by atoms with E-state index in [1.807, 2.05) is 12.1 Å². The SMILES string of the molecule is CC(C(=O)Nc1ccc(Br)cc1)N1C(=O)C(C)(C)Oc2ccc(Cl)cc21. The van der Waals surface area contributed by atoms with Crippen molar-refractivity contribution in [2.45, 2.75) is 32.4 Å². The molecule has 1 aliphatic heterocycles. The molecule has 0 bridgehead atoms. The number of halogens is 2. The van der Waals surface area contributed by atoms with Crippen LogP contribution in [0.2, 0.25) is 5.02 Å². The summed E-state index contributed by atoms with van der Waals surface area (Å²) < 4.78 is 6.71. The number of carbonyl (C=O) groups excluding carboxylic acids is 2. The van der Waals surface area contributed by atoms with Gasteiger partial charge < -0.3 is 10.1 Å². The number of anilines is 2. The van der Waals surface area contributed by atoms with Crippen molar-refractivity contribution in [1.29, 1.82) is 0 Å². The molecule has 136 valence electrons. The van der Waals surface area contributed by atoms with E-state index >= 15 is 0 Å². The summed E-state index contributed by atoms with van der Waals surface area (Å²) in [5, 5.41) is 3.30. The number of ether oxygens (including phenoxy) is 1. The van der Waals surface area contributed by atoms with Gasteiger partial charge in [0.1, 0.15) is 11.8 Å². The summed E-state index contributed by atoms with van der Waals surface area (Å²) in [4.78, 5) is 27.1. The molecular formula is C19H18BrClN2O3. The van der Waals surface area contributed by atoms with E-state index in [9.17, 15) is 9.59 Å². The summed E-state index contributed by atoms with van der Waals surface area (Å²) >= 11 is 9.45. The van der Waals surface area contributed by atoms with Gasteiger partial charge in [0.15, 0.2) is 5.60 Å².